The molecule has 28 heavy (non-hydrogen) atoms. The third-order valence-electron chi connectivity index (χ3n) is 4.81. The number of fused-ring (bicyclic) bond motifs is 1. The van der Waals surface area contributed by atoms with Gasteiger partial charge in [-0.05, 0) is 61.6 Å². The van der Waals surface area contributed by atoms with E-state index in [0.717, 1.165) is 38.5 Å². The number of hydrogen-bond acceptors (Lipinski definition) is 4. The number of hydrogen-bond donors (Lipinski definition) is 1. The fourth-order valence-electron chi connectivity index (χ4n) is 3.37. The van der Waals surface area contributed by atoms with Crippen molar-refractivity contribution in [2.75, 3.05) is 0 Å². The quantitative estimate of drug-likeness (QED) is 0.489. The second kappa shape index (κ2) is 6.84. The summed E-state index contributed by atoms with van der Waals surface area (Å²) in [6.07, 6.45) is 1.85. The molecule has 3 heterocycles. The largest absolute Gasteiger partial charge is 0.337 e. The Kier molecular flexibility index (Phi) is 4.35. The van der Waals surface area contributed by atoms with Crippen LogP contribution in [0.15, 0.2) is 35.7 Å². The first-order chi connectivity index (χ1) is 13.5. The van der Waals surface area contributed by atoms with Gasteiger partial charge in [-0.25, -0.2) is 4.98 Å². The van der Waals surface area contributed by atoms with E-state index in [2.05, 4.69) is 26.7 Å². The maximum Gasteiger partial charge on any atom is 0.149 e. The van der Waals surface area contributed by atoms with Gasteiger partial charge in [0.05, 0.1) is 22.2 Å². The van der Waals surface area contributed by atoms with E-state index in [1.165, 1.54) is 0 Å². The lowest BCUT2D eigenvalue weighted by molar-refractivity contribution is 0.980. The van der Waals surface area contributed by atoms with E-state index in [-0.39, 0.29) is 0 Å². The van der Waals surface area contributed by atoms with Crippen LogP contribution in [-0.4, -0.2) is 14.5 Å². The molecule has 6 heteroatoms. The highest BCUT2D eigenvalue weighted by Gasteiger charge is 2.17. The summed E-state index contributed by atoms with van der Waals surface area (Å²) in [5.74, 6) is 0.554. The topological polar surface area (TPSA) is 81.2 Å². The molecule has 4 rings (SSSR count). The average Bonchev–Trinajstić information content (AvgIpc) is 3.35. The highest BCUT2D eigenvalue weighted by molar-refractivity contribution is 7.13. The molecule has 0 saturated heterocycles. The third-order valence-corrected chi connectivity index (χ3v) is 5.89. The van der Waals surface area contributed by atoms with E-state index in [1.54, 1.807) is 11.3 Å². The molecule has 0 bridgehead atoms. The normalized spacial score (nSPS) is 11.5. The van der Waals surface area contributed by atoms with Crippen molar-refractivity contribution >= 4 is 34.0 Å². The van der Waals surface area contributed by atoms with Crippen molar-refractivity contribution in [2.24, 2.45) is 0 Å². The van der Waals surface area contributed by atoms with Gasteiger partial charge in [0.2, 0.25) is 0 Å². The van der Waals surface area contributed by atoms with Crippen LogP contribution in [0.2, 0.25) is 0 Å². The summed E-state index contributed by atoms with van der Waals surface area (Å²) < 4.78 is 2.08. The van der Waals surface area contributed by atoms with Crippen molar-refractivity contribution in [1.29, 1.82) is 10.5 Å². The molecule has 5 nitrogen and oxygen atoms in total. The SMILES string of the molecule is Cc1csc(-n2c(C)cc(C=C(C#N)c3nc4ccccc4[nH]3)c2C)c1C#N. The van der Waals surface area contributed by atoms with Crippen molar-refractivity contribution in [1.82, 2.24) is 14.5 Å². The third kappa shape index (κ3) is 2.81. The van der Waals surface area contributed by atoms with Gasteiger partial charge >= 0.3 is 0 Å². The molecule has 0 aliphatic rings. The van der Waals surface area contributed by atoms with Gasteiger partial charge < -0.3 is 9.55 Å². The van der Waals surface area contributed by atoms with Crippen LogP contribution in [0.5, 0.6) is 0 Å². The Bertz CT molecular complexity index is 1280. The molecule has 1 aromatic carbocycles. The predicted molar refractivity (Wildman–Crippen MR) is 112 cm³/mol. The van der Waals surface area contributed by atoms with Crippen LogP contribution >= 0.6 is 11.3 Å². The summed E-state index contributed by atoms with van der Waals surface area (Å²) in [6, 6.07) is 14.3. The summed E-state index contributed by atoms with van der Waals surface area (Å²) in [5, 5.41) is 22.1. The molecule has 0 saturated carbocycles. The minimum Gasteiger partial charge on any atom is -0.337 e. The number of imidazole rings is 1. The number of para-hydroxylation sites is 2. The maximum atomic E-state index is 9.71. The molecule has 0 fully saturated rings. The monoisotopic (exact) mass is 383 g/mol. The Morgan fingerprint density at radius 1 is 1.21 bits per heavy atom. The first kappa shape index (κ1) is 17.8. The van der Waals surface area contributed by atoms with E-state index >= 15 is 0 Å². The fraction of sp³-hybridized carbons (Fsp3) is 0.136. The van der Waals surface area contributed by atoms with Crippen LogP contribution in [0, 0.1) is 43.4 Å². The van der Waals surface area contributed by atoms with E-state index in [4.69, 9.17) is 0 Å². The Hall–Kier alpha value is -3.61. The molecule has 136 valence electrons. The van der Waals surface area contributed by atoms with Crippen molar-refractivity contribution in [2.45, 2.75) is 20.8 Å². The lowest BCUT2D eigenvalue weighted by Crippen LogP contribution is -1.99. The molecule has 0 amide bonds. The van der Waals surface area contributed by atoms with Crippen molar-refractivity contribution in [3.8, 4) is 17.1 Å². The number of nitriles is 2. The van der Waals surface area contributed by atoms with Crippen LogP contribution in [0.1, 0.15) is 33.9 Å². The number of H-pyrrole nitrogens is 1. The Labute approximate surface area is 166 Å². The molecule has 0 aliphatic heterocycles. The first-order valence-corrected chi connectivity index (χ1v) is 9.66. The number of allylic oxidation sites excluding steroid dienone is 1. The van der Waals surface area contributed by atoms with E-state index < -0.39 is 0 Å². The standard InChI is InChI=1S/C22H17N5S/c1-13-12-28-22(18(13)11-24)27-14(2)8-16(15(27)3)9-17(10-23)21-25-19-6-4-5-7-20(19)26-21/h4-9,12H,1-3H3,(H,25,26). The molecule has 3 aromatic heterocycles. The average molecular weight is 383 g/mol. The molecular formula is C22H17N5S. The minimum absolute atomic E-state index is 0.472. The van der Waals surface area contributed by atoms with Crippen molar-refractivity contribution in [3.05, 3.63) is 69.6 Å². The maximum absolute atomic E-state index is 9.71. The van der Waals surface area contributed by atoms with Gasteiger partial charge in [-0.1, -0.05) is 12.1 Å². The number of aromatic amines is 1. The Balaban J connectivity index is 1.83. The van der Waals surface area contributed by atoms with Crippen molar-refractivity contribution in [3.63, 3.8) is 0 Å². The second-order valence-electron chi connectivity index (χ2n) is 6.64. The van der Waals surface area contributed by atoms with Gasteiger partial charge in [-0.15, -0.1) is 11.3 Å². The van der Waals surface area contributed by atoms with E-state index in [9.17, 15) is 10.5 Å². The number of rotatable bonds is 3. The Morgan fingerprint density at radius 3 is 2.71 bits per heavy atom. The number of benzene rings is 1. The number of aromatic nitrogens is 3. The molecule has 0 aliphatic carbocycles. The van der Waals surface area contributed by atoms with Crippen LogP contribution < -0.4 is 0 Å². The molecule has 1 N–H and O–H groups in total. The highest BCUT2D eigenvalue weighted by Crippen LogP contribution is 2.31. The molecule has 0 atom stereocenters. The van der Waals surface area contributed by atoms with E-state index in [1.807, 2.05) is 62.6 Å². The number of thiophene rings is 1. The summed E-state index contributed by atoms with van der Waals surface area (Å²) >= 11 is 1.56. The van der Waals surface area contributed by atoms with Gasteiger partial charge in [0.15, 0.2) is 0 Å². The smallest absolute Gasteiger partial charge is 0.149 e. The van der Waals surface area contributed by atoms with Crippen LogP contribution in [0.25, 0.3) is 27.7 Å². The zero-order valence-electron chi connectivity index (χ0n) is 15.7. The summed E-state index contributed by atoms with van der Waals surface area (Å²) in [7, 11) is 0. The van der Waals surface area contributed by atoms with Crippen molar-refractivity contribution < 1.29 is 0 Å². The summed E-state index contributed by atoms with van der Waals surface area (Å²) in [4.78, 5) is 7.74. The minimum atomic E-state index is 0.472. The van der Waals surface area contributed by atoms with Gasteiger partial charge in [-0.3, -0.25) is 0 Å². The lowest BCUT2D eigenvalue weighted by Gasteiger charge is -2.07. The Morgan fingerprint density at radius 2 is 2.00 bits per heavy atom. The molecular weight excluding hydrogens is 366 g/mol. The molecule has 0 radical (unpaired) electrons. The van der Waals surface area contributed by atoms with E-state index in [0.29, 0.717) is 17.0 Å². The molecule has 0 unspecified atom stereocenters. The second-order valence-corrected chi connectivity index (χ2v) is 7.50. The summed E-state index contributed by atoms with van der Waals surface area (Å²) in [6.45, 7) is 5.96. The first-order valence-electron chi connectivity index (χ1n) is 8.78. The number of nitrogens with one attached hydrogen (secondary N) is 1. The van der Waals surface area contributed by atoms with Crippen LogP contribution in [-0.2, 0) is 0 Å². The number of aryl methyl sites for hydroxylation is 2. The zero-order valence-corrected chi connectivity index (χ0v) is 16.6. The zero-order chi connectivity index (χ0) is 19.8. The number of nitrogens with zero attached hydrogens (tertiary/aromatic N) is 4. The fourth-order valence-corrected chi connectivity index (χ4v) is 4.48. The van der Waals surface area contributed by atoms with Gasteiger partial charge in [0.25, 0.3) is 0 Å². The van der Waals surface area contributed by atoms with Gasteiger partial charge in [0, 0.05) is 11.4 Å². The van der Waals surface area contributed by atoms with Crippen LogP contribution in [0.4, 0.5) is 0 Å². The highest BCUT2D eigenvalue weighted by atomic mass is 32.1. The summed E-state index contributed by atoms with van der Waals surface area (Å²) in [5.41, 5.74) is 6.81. The van der Waals surface area contributed by atoms with Gasteiger partial charge in [0.1, 0.15) is 23.0 Å². The molecule has 0 spiro atoms. The molecule has 4 aromatic rings. The predicted octanol–water partition coefficient (Wildman–Crippen LogP) is 5.28. The van der Waals surface area contributed by atoms with Crippen LogP contribution in [0.3, 0.4) is 0 Å². The van der Waals surface area contributed by atoms with Gasteiger partial charge in [-0.2, -0.15) is 10.5 Å². The lowest BCUT2D eigenvalue weighted by atomic mass is 10.1.